The van der Waals surface area contributed by atoms with Gasteiger partial charge in [-0.3, -0.25) is 4.52 Å². The average Bonchev–Trinajstić information content (AvgIpc) is 2.85. The normalized spacial score (nSPS) is 28.5. The molecule has 1 heterocycles. The highest BCUT2D eigenvalue weighted by Gasteiger charge is 2.46. The summed E-state index contributed by atoms with van der Waals surface area (Å²) in [6.07, 6.45) is -6.09. The van der Waals surface area contributed by atoms with Gasteiger partial charge in [-0.1, -0.05) is 0 Å². The smallest absolute Gasteiger partial charge is 0.490 e. The summed E-state index contributed by atoms with van der Waals surface area (Å²) < 4.78 is 60.5. The third-order valence-electron chi connectivity index (χ3n) is 3.45. The van der Waals surface area contributed by atoms with E-state index in [9.17, 15) is 28.8 Å². The zero-order valence-corrected chi connectivity index (χ0v) is 17.7. The van der Waals surface area contributed by atoms with Crippen LogP contribution in [0.3, 0.4) is 0 Å². The molecule has 172 valence electrons. The molecule has 0 bridgehead atoms. The monoisotopic (exact) mass is 496 g/mol. The fourth-order valence-electron chi connectivity index (χ4n) is 2.21. The first kappa shape index (κ1) is 25.4. The van der Waals surface area contributed by atoms with Gasteiger partial charge in [0.05, 0.1) is 13.7 Å². The maximum absolute atomic E-state index is 11.7. The van der Waals surface area contributed by atoms with E-state index in [1.807, 2.05) is 0 Å². The zero-order chi connectivity index (χ0) is 22.7. The van der Waals surface area contributed by atoms with Crippen molar-refractivity contribution >= 4 is 23.5 Å². The topological polar surface area (TPSA) is 228 Å². The number of aliphatic hydroxyl groups excluding tert-OH is 2. The third kappa shape index (κ3) is 7.66. The lowest BCUT2D eigenvalue weighted by Gasteiger charge is -2.19. The number of aliphatic hydroxyl groups is 2. The molecular formula is C12H19O15P3. The number of ether oxygens (including phenoxy) is 3. The van der Waals surface area contributed by atoms with Crippen molar-refractivity contribution < 1.29 is 70.8 Å². The lowest BCUT2D eigenvalue weighted by atomic mass is 10.1. The Balaban J connectivity index is 1.94. The van der Waals surface area contributed by atoms with Crippen LogP contribution in [0.1, 0.15) is 0 Å². The summed E-state index contributed by atoms with van der Waals surface area (Å²) in [5, 5.41) is 20.0. The van der Waals surface area contributed by atoms with Crippen LogP contribution in [-0.2, 0) is 31.6 Å². The molecule has 1 aromatic rings. The molecule has 2 rings (SSSR count). The minimum absolute atomic E-state index is 0.237. The van der Waals surface area contributed by atoms with E-state index in [-0.39, 0.29) is 5.75 Å². The molecule has 6 atom stereocenters. The largest absolute Gasteiger partial charge is 0.497 e. The van der Waals surface area contributed by atoms with E-state index in [0.29, 0.717) is 5.75 Å². The van der Waals surface area contributed by atoms with Gasteiger partial charge in [-0.25, -0.2) is 13.7 Å². The lowest BCUT2D eigenvalue weighted by molar-refractivity contribution is -0.115. The summed E-state index contributed by atoms with van der Waals surface area (Å²) in [6.45, 7) is -0.940. The Hall–Kier alpha value is -0.890. The Morgan fingerprint density at radius 1 is 0.900 bits per heavy atom. The van der Waals surface area contributed by atoms with Gasteiger partial charge in [0.25, 0.3) is 0 Å². The van der Waals surface area contributed by atoms with Crippen molar-refractivity contribution in [2.45, 2.75) is 24.6 Å². The first-order valence-electron chi connectivity index (χ1n) is 7.82. The molecule has 0 aliphatic carbocycles. The molecule has 18 heteroatoms. The van der Waals surface area contributed by atoms with Gasteiger partial charge in [-0.05, 0) is 24.3 Å². The predicted molar refractivity (Wildman–Crippen MR) is 94.1 cm³/mol. The third-order valence-corrected chi connectivity index (χ3v) is 7.25. The van der Waals surface area contributed by atoms with E-state index in [4.69, 9.17) is 28.9 Å². The van der Waals surface area contributed by atoms with Crippen LogP contribution in [0.5, 0.6) is 11.5 Å². The highest BCUT2D eigenvalue weighted by atomic mass is 31.3. The lowest BCUT2D eigenvalue weighted by Crippen LogP contribution is -2.35. The Labute approximate surface area is 169 Å². The number of benzene rings is 1. The molecule has 2 unspecified atom stereocenters. The number of phosphoric ester groups is 1. The van der Waals surface area contributed by atoms with Crippen molar-refractivity contribution in [2.75, 3.05) is 13.7 Å². The van der Waals surface area contributed by atoms with Gasteiger partial charge < -0.3 is 44.0 Å². The fourth-order valence-corrected chi connectivity index (χ4v) is 5.24. The van der Waals surface area contributed by atoms with Crippen molar-refractivity contribution in [3.05, 3.63) is 24.3 Å². The number of phosphoric acid groups is 3. The molecule has 1 saturated heterocycles. The van der Waals surface area contributed by atoms with Crippen molar-refractivity contribution in [2.24, 2.45) is 0 Å². The fraction of sp³-hybridized carbons (Fsp3) is 0.500. The van der Waals surface area contributed by atoms with Crippen LogP contribution in [0.15, 0.2) is 24.3 Å². The summed E-state index contributed by atoms with van der Waals surface area (Å²) in [5.74, 6) is 0.768. The minimum atomic E-state index is -5.68. The molecule has 0 spiro atoms. The first-order chi connectivity index (χ1) is 13.7. The molecule has 1 aliphatic heterocycles. The van der Waals surface area contributed by atoms with Crippen molar-refractivity contribution in [3.8, 4) is 11.5 Å². The maximum atomic E-state index is 11.7. The number of rotatable bonds is 10. The van der Waals surface area contributed by atoms with E-state index in [2.05, 4.69) is 13.1 Å². The van der Waals surface area contributed by atoms with E-state index < -0.39 is 54.7 Å². The molecule has 0 aromatic heterocycles. The van der Waals surface area contributed by atoms with Crippen molar-refractivity contribution in [3.63, 3.8) is 0 Å². The number of hydrogen-bond acceptors (Lipinski definition) is 11. The number of hydrogen-bond donors (Lipinski definition) is 6. The Morgan fingerprint density at radius 2 is 1.47 bits per heavy atom. The molecule has 1 aromatic carbocycles. The maximum Gasteiger partial charge on any atom is 0.490 e. The first-order valence-corrected chi connectivity index (χ1v) is 12.3. The molecule has 6 N–H and O–H groups in total. The van der Waals surface area contributed by atoms with Crippen LogP contribution < -0.4 is 9.47 Å². The molecular weight excluding hydrogens is 477 g/mol. The van der Waals surface area contributed by atoms with Gasteiger partial charge in [0.15, 0.2) is 0 Å². The molecule has 0 radical (unpaired) electrons. The molecule has 15 nitrogen and oxygen atoms in total. The Morgan fingerprint density at radius 3 is 2.00 bits per heavy atom. The Bertz CT molecular complexity index is 853. The molecule has 30 heavy (non-hydrogen) atoms. The predicted octanol–water partition coefficient (Wildman–Crippen LogP) is -0.136. The molecule has 1 aliphatic rings. The van der Waals surface area contributed by atoms with Gasteiger partial charge in [0, 0.05) is 0 Å². The summed E-state index contributed by atoms with van der Waals surface area (Å²) in [4.78, 5) is 35.4. The van der Waals surface area contributed by atoms with Crippen LogP contribution in [-0.4, -0.2) is 68.1 Å². The average molecular weight is 496 g/mol. The molecule has 1 fully saturated rings. The highest BCUT2D eigenvalue weighted by molar-refractivity contribution is 7.66. The zero-order valence-electron chi connectivity index (χ0n) is 15.0. The minimum Gasteiger partial charge on any atom is -0.497 e. The molecule has 0 amide bonds. The van der Waals surface area contributed by atoms with Crippen LogP contribution >= 0.6 is 23.5 Å². The summed E-state index contributed by atoms with van der Waals surface area (Å²) >= 11 is 0. The van der Waals surface area contributed by atoms with Crippen LogP contribution in [0, 0.1) is 0 Å². The summed E-state index contributed by atoms with van der Waals surface area (Å²) in [7, 11) is -15.2. The van der Waals surface area contributed by atoms with Gasteiger partial charge >= 0.3 is 23.5 Å². The van der Waals surface area contributed by atoms with Gasteiger partial charge in [0.2, 0.25) is 6.29 Å². The SMILES string of the molecule is COc1ccc(O[C@@H]2O[C@H](COP(=O)(O)OP(=O)(O)OP(=O)(O)O)[C@@H](O)[C@H]2O)cc1. The van der Waals surface area contributed by atoms with Gasteiger partial charge in [-0.15, -0.1) is 0 Å². The van der Waals surface area contributed by atoms with Crippen LogP contribution in [0.4, 0.5) is 0 Å². The number of methoxy groups -OCH3 is 1. The van der Waals surface area contributed by atoms with E-state index in [1.54, 1.807) is 12.1 Å². The summed E-state index contributed by atoms with van der Waals surface area (Å²) in [6, 6.07) is 6.08. The molecule has 0 saturated carbocycles. The van der Waals surface area contributed by atoms with Crippen molar-refractivity contribution in [1.82, 2.24) is 0 Å². The second-order valence-corrected chi connectivity index (χ2v) is 10.1. The quantitative estimate of drug-likeness (QED) is 0.232. The van der Waals surface area contributed by atoms with E-state index in [0.717, 1.165) is 0 Å². The van der Waals surface area contributed by atoms with Crippen molar-refractivity contribution in [1.29, 1.82) is 0 Å². The second-order valence-electron chi connectivity index (χ2n) is 5.70. The van der Waals surface area contributed by atoms with E-state index >= 15 is 0 Å². The summed E-state index contributed by atoms with van der Waals surface area (Å²) in [5.41, 5.74) is 0. The van der Waals surface area contributed by atoms with E-state index in [1.165, 1.54) is 19.2 Å². The highest BCUT2D eigenvalue weighted by Crippen LogP contribution is 2.66. The Kier molecular flexibility index (Phi) is 8.22. The van der Waals surface area contributed by atoms with Gasteiger partial charge in [0.1, 0.15) is 29.8 Å². The second kappa shape index (κ2) is 9.72. The standard InChI is InChI=1S/C12H19O15P3/c1-22-7-2-4-8(5-3-7)24-12-11(14)10(13)9(25-12)6-23-29(18,19)27-30(20,21)26-28(15,16)17/h2-5,9-14H,6H2,1H3,(H,18,19)(H,20,21)(H2,15,16,17)/t9-,10-,11-,12-/m1/s1. The van der Waals surface area contributed by atoms with Crippen LogP contribution in [0.2, 0.25) is 0 Å². The van der Waals surface area contributed by atoms with Gasteiger partial charge in [-0.2, -0.15) is 8.62 Å². The van der Waals surface area contributed by atoms with Crippen LogP contribution in [0.25, 0.3) is 0 Å².